The Balaban J connectivity index is 3.07. The van der Waals surface area contributed by atoms with E-state index in [9.17, 15) is 0 Å². The lowest BCUT2D eigenvalue weighted by molar-refractivity contribution is 1.61. The van der Waals surface area contributed by atoms with Crippen LogP contribution in [0.2, 0.25) is 0 Å². The predicted molar refractivity (Wildman–Crippen MR) is 49.0 cm³/mol. The minimum Gasteiger partial charge on any atom is -0.0843 e. The lowest BCUT2D eigenvalue weighted by Crippen LogP contribution is -1.73. The lowest BCUT2D eigenvalue weighted by atomic mass is 10.2. The molecule has 10 heavy (non-hydrogen) atoms. The highest BCUT2D eigenvalue weighted by Gasteiger charge is 1.93. The molecule has 0 aliphatic heterocycles. The van der Waals surface area contributed by atoms with Crippen molar-refractivity contribution >= 4 is 32.6 Å². The normalized spacial score (nSPS) is 9.40. The second-order valence-electron chi connectivity index (χ2n) is 1.92. The smallest absolute Gasteiger partial charge is 0.0406 e. The van der Waals surface area contributed by atoms with Gasteiger partial charge in [-0.05, 0) is 17.7 Å². The second-order valence-corrected chi connectivity index (χ2v) is 3.29. The molecular weight excluding hydrogens is 211 g/mol. The zero-order chi connectivity index (χ0) is 7.56. The van der Waals surface area contributed by atoms with Gasteiger partial charge in [-0.25, -0.2) is 0 Å². The van der Waals surface area contributed by atoms with E-state index in [0.29, 0.717) is 5.03 Å². The molecule has 0 atom stereocenters. The summed E-state index contributed by atoms with van der Waals surface area (Å²) >= 11 is 8.99. The Morgan fingerprint density at radius 2 is 2.20 bits per heavy atom. The maximum Gasteiger partial charge on any atom is 0.0406 e. The molecular formula is C8H6BrCl. The standard InChI is InChI=1S/C8H6BrCl/c1-6(10)7-3-2-4-8(9)5-7/h2-5H,1H2. The third-order valence-electron chi connectivity index (χ3n) is 1.14. The van der Waals surface area contributed by atoms with Crippen LogP contribution in [0, 0.1) is 0 Å². The summed E-state index contributed by atoms with van der Waals surface area (Å²) in [6.07, 6.45) is 0. The fourth-order valence-electron chi connectivity index (χ4n) is 0.657. The highest BCUT2D eigenvalue weighted by Crippen LogP contribution is 2.19. The van der Waals surface area contributed by atoms with Crippen LogP contribution in [0.4, 0.5) is 0 Å². The molecule has 0 amide bonds. The molecule has 0 radical (unpaired) electrons. The van der Waals surface area contributed by atoms with Crippen LogP contribution in [-0.4, -0.2) is 0 Å². The molecule has 1 aromatic carbocycles. The first-order chi connectivity index (χ1) is 4.70. The van der Waals surface area contributed by atoms with Crippen molar-refractivity contribution in [3.05, 3.63) is 40.9 Å². The molecule has 0 unspecified atom stereocenters. The Morgan fingerprint density at radius 3 is 2.60 bits per heavy atom. The van der Waals surface area contributed by atoms with Crippen molar-refractivity contribution in [2.24, 2.45) is 0 Å². The van der Waals surface area contributed by atoms with E-state index in [1.165, 1.54) is 0 Å². The highest BCUT2D eigenvalue weighted by atomic mass is 79.9. The van der Waals surface area contributed by atoms with Crippen molar-refractivity contribution in [1.82, 2.24) is 0 Å². The average molecular weight is 217 g/mol. The summed E-state index contributed by atoms with van der Waals surface area (Å²) < 4.78 is 1.02. The first-order valence-corrected chi connectivity index (χ1v) is 3.97. The van der Waals surface area contributed by atoms with Gasteiger partial charge >= 0.3 is 0 Å². The summed E-state index contributed by atoms with van der Waals surface area (Å²) in [6.45, 7) is 3.61. The summed E-state index contributed by atoms with van der Waals surface area (Å²) in [4.78, 5) is 0. The summed E-state index contributed by atoms with van der Waals surface area (Å²) in [5.41, 5.74) is 0.955. The van der Waals surface area contributed by atoms with Crippen LogP contribution in [0.1, 0.15) is 5.56 Å². The molecule has 0 nitrogen and oxygen atoms in total. The van der Waals surface area contributed by atoms with Gasteiger partial charge in [0.25, 0.3) is 0 Å². The fourth-order valence-corrected chi connectivity index (χ4v) is 1.17. The first-order valence-electron chi connectivity index (χ1n) is 2.80. The van der Waals surface area contributed by atoms with E-state index in [-0.39, 0.29) is 0 Å². The Kier molecular flexibility index (Phi) is 2.52. The number of hydrogen-bond donors (Lipinski definition) is 0. The maximum absolute atomic E-state index is 5.66. The lowest BCUT2D eigenvalue weighted by Gasteiger charge is -1.95. The Bertz CT molecular complexity index is 255. The van der Waals surface area contributed by atoms with Gasteiger partial charge in [0, 0.05) is 9.51 Å². The number of hydrogen-bond acceptors (Lipinski definition) is 0. The monoisotopic (exact) mass is 216 g/mol. The van der Waals surface area contributed by atoms with Crippen LogP contribution in [0.15, 0.2) is 35.3 Å². The summed E-state index contributed by atoms with van der Waals surface area (Å²) in [7, 11) is 0. The molecule has 0 heterocycles. The van der Waals surface area contributed by atoms with Gasteiger partial charge in [0.05, 0.1) is 0 Å². The van der Waals surface area contributed by atoms with E-state index in [4.69, 9.17) is 11.6 Å². The molecule has 2 heteroatoms. The van der Waals surface area contributed by atoms with Crippen molar-refractivity contribution in [1.29, 1.82) is 0 Å². The van der Waals surface area contributed by atoms with Crippen molar-refractivity contribution in [3.63, 3.8) is 0 Å². The van der Waals surface area contributed by atoms with Crippen molar-refractivity contribution < 1.29 is 0 Å². The summed E-state index contributed by atoms with van der Waals surface area (Å²) in [5.74, 6) is 0. The molecule has 0 saturated heterocycles. The van der Waals surface area contributed by atoms with E-state index in [1.807, 2.05) is 24.3 Å². The molecule has 1 aromatic rings. The Hall–Kier alpha value is -0.270. The van der Waals surface area contributed by atoms with Gasteiger partial charge in [-0.1, -0.05) is 46.2 Å². The van der Waals surface area contributed by atoms with Crippen LogP contribution in [0.5, 0.6) is 0 Å². The van der Waals surface area contributed by atoms with Crippen LogP contribution >= 0.6 is 27.5 Å². The van der Waals surface area contributed by atoms with E-state index < -0.39 is 0 Å². The van der Waals surface area contributed by atoms with Gasteiger partial charge in [-0.3, -0.25) is 0 Å². The van der Waals surface area contributed by atoms with Gasteiger partial charge < -0.3 is 0 Å². The van der Waals surface area contributed by atoms with Crippen molar-refractivity contribution in [3.8, 4) is 0 Å². The predicted octanol–water partition coefficient (Wildman–Crippen LogP) is 3.66. The van der Waals surface area contributed by atoms with E-state index >= 15 is 0 Å². The molecule has 0 fully saturated rings. The maximum atomic E-state index is 5.66. The third kappa shape index (κ3) is 1.86. The quantitative estimate of drug-likeness (QED) is 0.673. The number of benzene rings is 1. The molecule has 0 N–H and O–H groups in total. The van der Waals surface area contributed by atoms with Gasteiger partial charge in [0.1, 0.15) is 0 Å². The second kappa shape index (κ2) is 3.22. The van der Waals surface area contributed by atoms with Crippen LogP contribution in [-0.2, 0) is 0 Å². The van der Waals surface area contributed by atoms with Gasteiger partial charge in [-0.2, -0.15) is 0 Å². The molecule has 0 spiro atoms. The Labute approximate surface area is 73.6 Å². The van der Waals surface area contributed by atoms with E-state index in [0.717, 1.165) is 10.0 Å². The minimum absolute atomic E-state index is 0.571. The Morgan fingerprint density at radius 1 is 1.50 bits per heavy atom. The van der Waals surface area contributed by atoms with E-state index in [2.05, 4.69) is 22.5 Å². The number of rotatable bonds is 1. The molecule has 1 rings (SSSR count). The first kappa shape index (κ1) is 7.83. The minimum atomic E-state index is 0.571. The van der Waals surface area contributed by atoms with Crippen LogP contribution in [0.3, 0.4) is 0 Å². The molecule has 0 saturated carbocycles. The molecule has 52 valence electrons. The van der Waals surface area contributed by atoms with Crippen LogP contribution in [0.25, 0.3) is 5.03 Å². The molecule has 0 bridgehead atoms. The van der Waals surface area contributed by atoms with Gasteiger partial charge in [0.2, 0.25) is 0 Å². The molecule has 0 aromatic heterocycles. The zero-order valence-electron chi connectivity index (χ0n) is 5.27. The van der Waals surface area contributed by atoms with Gasteiger partial charge in [0.15, 0.2) is 0 Å². The van der Waals surface area contributed by atoms with Crippen LogP contribution < -0.4 is 0 Å². The molecule has 0 aliphatic rings. The fraction of sp³-hybridized carbons (Fsp3) is 0. The average Bonchev–Trinajstić information content (AvgIpc) is 1.88. The van der Waals surface area contributed by atoms with Crippen molar-refractivity contribution in [2.75, 3.05) is 0 Å². The largest absolute Gasteiger partial charge is 0.0843 e. The highest BCUT2D eigenvalue weighted by molar-refractivity contribution is 9.10. The molecule has 0 aliphatic carbocycles. The summed E-state index contributed by atoms with van der Waals surface area (Å²) in [5, 5.41) is 0.571. The van der Waals surface area contributed by atoms with Crippen molar-refractivity contribution in [2.45, 2.75) is 0 Å². The van der Waals surface area contributed by atoms with Gasteiger partial charge in [-0.15, -0.1) is 0 Å². The summed E-state index contributed by atoms with van der Waals surface area (Å²) in [6, 6.07) is 7.71. The topological polar surface area (TPSA) is 0 Å². The SMILES string of the molecule is C=C(Cl)c1cccc(Br)c1. The third-order valence-corrected chi connectivity index (χ3v) is 1.85. The van der Waals surface area contributed by atoms with E-state index in [1.54, 1.807) is 0 Å². The zero-order valence-corrected chi connectivity index (χ0v) is 7.61. The number of halogens is 2.